The molecule has 1 aliphatic heterocycles. The van der Waals surface area contributed by atoms with E-state index >= 15 is 0 Å². The van der Waals surface area contributed by atoms with Crippen LogP contribution in [0.25, 0.3) is 0 Å². The smallest absolute Gasteiger partial charge is 0.399 e. The summed E-state index contributed by atoms with van der Waals surface area (Å²) in [5, 5.41) is 0. The van der Waals surface area contributed by atoms with Gasteiger partial charge in [0.15, 0.2) is 0 Å². The van der Waals surface area contributed by atoms with Gasteiger partial charge in [0.1, 0.15) is 0 Å². The third-order valence-corrected chi connectivity index (χ3v) is 4.42. The van der Waals surface area contributed by atoms with Gasteiger partial charge in [-0.1, -0.05) is 6.07 Å². The second kappa shape index (κ2) is 4.35. The normalized spacial score (nSPS) is 21.3. The number of halogens is 1. The Morgan fingerprint density at radius 1 is 1.22 bits per heavy atom. The lowest BCUT2D eigenvalue weighted by Gasteiger charge is -2.32. The van der Waals surface area contributed by atoms with Crippen molar-refractivity contribution in [1.82, 2.24) is 2.78 Å². The van der Waals surface area contributed by atoms with Gasteiger partial charge in [-0.3, -0.25) is 7.58 Å². The number of pyridine rings is 1. The average molecular weight is 361 g/mol. The summed E-state index contributed by atoms with van der Waals surface area (Å²) in [4.78, 5) is 11.7. The van der Waals surface area contributed by atoms with E-state index in [1.165, 1.54) is 2.78 Å². The van der Waals surface area contributed by atoms with Gasteiger partial charge in [0.25, 0.3) is 5.56 Å². The third-order valence-electron chi connectivity index (χ3n) is 3.70. The third kappa shape index (κ3) is 2.25. The topological polar surface area (TPSA) is 40.5 Å². The van der Waals surface area contributed by atoms with Crippen LogP contribution < -0.4 is 11.0 Å². The van der Waals surface area contributed by atoms with Crippen molar-refractivity contribution in [2.75, 3.05) is 0 Å². The fraction of sp³-hybridized carbons (Fsp3) is 0.583. The predicted molar refractivity (Wildman–Crippen MR) is 80.6 cm³/mol. The van der Waals surface area contributed by atoms with Crippen LogP contribution in [0.5, 0.6) is 0 Å². The Hall–Kier alpha value is -0.335. The van der Waals surface area contributed by atoms with Crippen molar-refractivity contribution in [2.45, 2.75) is 45.8 Å². The van der Waals surface area contributed by atoms with Gasteiger partial charge in [0.05, 0.1) is 34.1 Å². The van der Waals surface area contributed by atoms with Crippen LogP contribution in [0, 0.1) is 6.92 Å². The Balaban J connectivity index is 2.39. The van der Waals surface area contributed by atoms with E-state index in [1.54, 1.807) is 13.1 Å². The summed E-state index contributed by atoms with van der Waals surface area (Å²) in [6.07, 6.45) is 1.76. The molecule has 0 aromatic carbocycles. The van der Waals surface area contributed by atoms with Crippen LogP contribution in [0.1, 0.15) is 33.3 Å². The Labute approximate surface area is 121 Å². The summed E-state index contributed by atoms with van der Waals surface area (Å²) in [7, 11) is -0.421. The molecule has 0 unspecified atom stereocenters. The maximum Gasteiger partial charge on any atom is 0.496 e. The van der Waals surface area contributed by atoms with Gasteiger partial charge in [-0.25, -0.2) is 0 Å². The van der Waals surface area contributed by atoms with Crippen molar-refractivity contribution in [3.63, 3.8) is 0 Å². The molecule has 0 bridgehead atoms. The lowest BCUT2D eigenvalue weighted by molar-refractivity contribution is 0.00578. The molecular weight excluding hydrogens is 344 g/mol. The quantitative estimate of drug-likeness (QED) is 0.565. The van der Waals surface area contributed by atoms with Crippen LogP contribution in [-0.2, 0) is 9.31 Å². The Bertz CT molecular complexity index is 496. The first-order valence-corrected chi connectivity index (χ1v) is 6.85. The summed E-state index contributed by atoms with van der Waals surface area (Å²) >= 11 is 1.97. The molecule has 0 atom stereocenters. The Morgan fingerprint density at radius 3 is 2.17 bits per heavy atom. The number of aromatic nitrogens is 1. The largest absolute Gasteiger partial charge is 0.496 e. The summed E-state index contributed by atoms with van der Waals surface area (Å²) in [5.74, 6) is 0. The fourth-order valence-electron chi connectivity index (χ4n) is 1.82. The minimum Gasteiger partial charge on any atom is -0.399 e. The van der Waals surface area contributed by atoms with E-state index in [0.29, 0.717) is 5.56 Å². The molecule has 0 radical (unpaired) electrons. The maximum atomic E-state index is 11.7. The first-order chi connectivity index (χ1) is 8.14. The van der Waals surface area contributed by atoms with Crippen LogP contribution in [0.15, 0.2) is 17.1 Å². The lowest BCUT2D eigenvalue weighted by atomic mass is 9.80. The monoisotopic (exact) mass is 361 g/mol. The summed E-state index contributed by atoms with van der Waals surface area (Å²) in [6, 6.07) is 1.83. The maximum absolute atomic E-state index is 11.7. The first kappa shape index (κ1) is 14.1. The van der Waals surface area contributed by atoms with Crippen LogP contribution in [0.3, 0.4) is 0 Å². The van der Waals surface area contributed by atoms with Crippen LogP contribution in [-0.4, -0.2) is 21.1 Å². The van der Waals surface area contributed by atoms with Gasteiger partial charge in [-0.15, -0.1) is 0 Å². The second-order valence-electron chi connectivity index (χ2n) is 5.66. The van der Waals surface area contributed by atoms with E-state index in [1.807, 2.05) is 56.6 Å². The summed E-state index contributed by atoms with van der Waals surface area (Å²) in [5.41, 5.74) is 0.836. The number of aryl methyl sites for hydroxylation is 1. The van der Waals surface area contributed by atoms with E-state index in [-0.39, 0.29) is 16.8 Å². The van der Waals surface area contributed by atoms with Crippen molar-refractivity contribution >= 4 is 35.4 Å². The van der Waals surface area contributed by atoms with Gasteiger partial charge in [-0.05, 0) is 34.6 Å². The van der Waals surface area contributed by atoms with E-state index < -0.39 is 7.12 Å². The number of hydrogen-bond donors (Lipinski definition) is 0. The standard InChI is InChI=1S/C12H17BINO3/c1-8-6-9(7-15(14)10(8)16)13-17-11(2,3)12(4,5)18-13/h6-7H,1-5H3. The van der Waals surface area contributed by atoms with Gasteiger partial charge in [0, 0.05) is 17.2 Å². The van der Waals surface area contributed by atoms with Crippen molar-refractivity contribution in [3.8, 4) is 0 Å². The minimum atomic E-state index is -0.421. The lowest BCUT2D eigenvalue weighted by Crippen LogP contribution is -2.41. The fourth-order valence-corrected chi connectivity index (χ4v) is 2.52. The zero-order chi connectivity index (χ0) is 13.7. The molecule has 2 rings (SSSR count). The molecule has 0 aliphatic carbocycles. The molecule has 1 fully saturated rings. The molecule has 1 aromatic heterocycles. The van der Waals surface area contributed by atoms with Gasteiger partial charge >= 0.3 is 7.12 Å². The van der Waals surface area contributed by atoms with Gasteiger partial charge < -0.3 is 9.31 Å². The zero-order valence-corrected chi connectivity index (χ0v) is 13.4. The number of hydrogen-bond acceptors (Lipinski definition) is 3. The minimum absolute atomic E-state index is 0.00383. The Kier molecular flexibility index (Phi) is 3.40. The zero-order valence-electron chi connectivity index (χ0n) is 11.3. The average Bonchev–Trinajstić information content (AvgIpc) is 2.44. The molecule has 4 nitrogen and oxygen atoms in total. The molecule has 0 saturated carbocycles. The molecule has 6 heteroatoms. The number of nitrogens with zero attached hydrogens (tertiary/aromatic N) is 1. The van der Waals surface area contributed by atoms with E-state index in [2.05, 4.69) is 0 Å². The molecule has 98 valence electrons. The van der Waals surface area contributed by atoms with Gasteiger partial charge in [-0.2, -0.15) is 0 Å². The highest BCUT2D eigenvalue weighted by Crippen LogP contribution is 2.36. The molecule has 1 aliphatic rings. The molecule has 0 amide bonds. The highest BCUT2D eigenvalue weighted by atomic mass is 127. The molecule has 1 aromatic rings. The number of rotatable bonds is 1. The molecular formula is C12H17BINO3. The van der Waals surface area contributed by atoms with Crippen molar-refractivity contribution in [1.29, 1.82) is 0 Å². The highest BCUT2D eigenvalue weighted by Gasteiger charge is 2.51. The highest BCUT2D eigenvalue weighted by molar-refractivity contribution is 14.1. The predicted octanol–water partition coefficient (Wildman–Crippen LogP) is 1.65. The SMILES string of the molecule is Cc1cc(B2OC(C)(C)C(C)(C)O2)cn(I)c1=O. The van der Waals surface area contributed by atoms with E-state index in [4.69, 9.17) is 9.31 Å². The summed E-state index contributed by atoms with van der Waals surface area (Å²) in [6.45, 7) is 9.85. The summed E-state index contributed by atoms with van der Waals surface area (Å²) < 4.78 is 13.5. The van der Waals surface area contributed by atoms with Crippen LogP contribution in [0.4, 0.5) is 0 Å². The van der Waals surface area contributed by atoms with Crippen LogP contribution in [0.2, 0.25) is 0 Å². The second-order valence-corrected chi connectivity index (χ2v) is 6.70. The van der Waals surface area contributed by atoms with Crippen molar-refractivity contribution < 1.29 is 9.31 Å². The molecule has 18 heavy (non-hydrogen) atoms. The first-order valence-electron chi connectivity index (χ1n) is 5.89. The van der Waals surface area contributed by atoms with Crippen molar-refractivity contribution in [2.24, 2.45) is 0 Å². The van der Waals surface area contributed by atoms with Gasteiger partial charge in [0.2, 0.25) is 0 Å². The van der Waals surface area contributed by atoms with E-state index in [9.17, 15) is 4.79 Å². The van der Waals surface area contributed by atoms with Crippen molar-refractivity contribution in [3.05, 3.63) is 28.2 Å². The molecule has 0 N–H and O–H groups in total. The van der Waals surface area contributed by atoms with Crippen LogP contribution >= 0.6 is 22.9 Å². The molecule has 0 spiro atoms. The van der Waals surface area contributed by atoms with E-state index in [0.717, 1.165) is 5.46 Å². The molecule has 2 heterocycles. The molecule has 1 saturated heterocycles. The Morgan fingerprint density at radius 2 is 1.72 bits per heavy atom.